The maximum absolute atomic E-state index is 11.5. The Morgan fingerprint density at radius 2 is 1.67 bits per heavy atom. The van der Waals surface area contributed by atoms with E-state index in [9.17, 15) is 9.00 Å². The van der Waals surface area contributed by atoms with Crippen molar-refractivity contribution >= 4 is 16.8 Å². The second-order valence-corrected chi connectivity index (χ2v) is 7.14. The molecule has 1 unspecified atom stereocenters. The van der Waals surface area contributed by atoms with Crippen LogP contribution in [0.25, 0.3) is 0 Å². The Hall–Kier alpha value is -1.20. The molecule has 0 fully saturated rings. The van der Waals surface area contributed by atoms with Crippen molar-refractivity contribution < 1.29 is 18.8 Å². The standard InChI is InChI=1S/C19H32O4S/c1-2-15-23-16-12-10-8-6-4-3-5-7-9-11-13-17-24(22)18-14-19(20)21/h4-7,10,12H,2-3,8-9,11,13-18H2,1H3,(H,20,21). The molecule has 0 radical (unpaired) electrons. The van der Waals surface area contributed by atoms with Gasteiger partial charge in [-0.15, -0.1) is 0 Å². The molecule has 0 spiro atoms. The van der Waals surface area contributed by atoms with Crippen LogP contribution < -0.4 is 0 Å². The number of hydrogen-bond acceptors (Lipinski definition) is 3. The number of carboxylic acids is 1. The van der Waals surface area contributed by atoms with E-state index in [1.165, 1.54) is 0 Å². The molecule has 0 aliphatic carbocycles. The zero-order valence-corrected chi connectivity index (χ0v) is 15.6. The van der Waals surface area contributed by atoms with Crippen LogP contribution >= 0.6 is 0 Å². The molecule has 0 heterocycles. The Bertz CT molecular complexity index is 414. The highest BCUT2D eigenvalue weighted by Crippen LogP contribution is 2.01. The summed E-state index contributed by atoms with van der Waals surface area (Å²) in [7, 11) is -0.989. The first-order valence-electron chi connectivity index (χ1n) is 8.76. The summed E-state index contributed by atoms with van der Waals surface area (Å²) in [6, 6.07) is 0. The summed E-state index contributed by atoms with van der Waals surface area (Å²) in [5, 5.41) is 8.51. The molecule has 138 valence electrons. The Balaban J connectivity index is 3.41. The van der Waals surface area contributed by atoms with Gasteiger partial charge in [-0.05, 0) is 38.5 Å². The fraction of sp³-hybridized carbons (Fsp3) is 0.632. The van der Waals surface area contributed by atoms with Crippen molar-refractivity contribution in [2.45, 2.75) is 51.9 Å². The molecule has 0 aromatic heterocycles. The highest BCUT2D eigenvalue weighted by molar-refractivity contribution is 7.84. The molecule has 0 bridgehead atoms. The van der Waals surface area contributed by atoms with Gasteiger partial charge >= 0.3 is 5.97 Å². The number of carbonyl (C=O) groups is 1. The van der Waals surface area contributed by atoms with Crippen LogP contribution in [-0.4, -0.2) is 40.0 Å². The van der Waals surface area contributed by atoms with E-state index in [0.29, 0.717) is 12.4 Å². The largest absolute Gasteiger partial charge is 0.481 e. The maximum Gasteiger partial charge on any atom is 0.304 e. The van der Waals surface area contributed by atoms with Crippen LogP contribution in [0.2, 0.25) is 0 Å². The molecule has 0 saturated heterocycles. The van der Waals surface area contributed by atoms with Crippen molar-refractivity contribution in [1.29, 1.82) is 0 Å². The lowest BCUT2D eigenvalue weighted by Gasteiger charge is -1.99. The fourth-order valence-corrected chi connectivity index (χ4v) is 2.98. The van der Waals surface area contributed by atoms with Crippen molar-refractivity contribution in [1.82, 2.24) is 0 Å². The lowest BCUT2D eigenvalue weighted by atomic mass is 10.2. The summed E-state index contributed by atoms with van der Waals surface area (Å²) >= 11 is 0. The van der Waals surface area contributed by atoms with Gasteiger partial charge in [-0.1, -0.05) is 43.4 Å². The van der Waals surface area contributed by atoms with Gasteiger partial charge in [0.15, 0.2) is 0 Å². The highest BCUT2D eigenvalue weighted by Gasteiger charge is 2.02. The number of carboxylic acid groups (broad SMARTS) is 1. The summed E-state index contributed by atoms with van der Waals surface area (Å²) < 4.78 is 16.8. The number of hydrogen-bond donors (Lipinski definition) is 1. The molecule has 0 saturated carbocycles. The number of ether oxygens (including phenoxy) is 1. The molecule has 1 N–H and O–H groups in total. The topological polar surface area (TPSA) is 63.6 Å². The van der Waals surface area contributed by atoms with Gasteiger partial charge in [-0.2, -0.15) is 0 Å². The van der Waals surface area contributed by atoms with Crippen LogP contribution in [0, 0.1) is 0 Å². The van der Waals surface area contributed by atoms with Gasteiger partial charge in [0.05, 0.1) is 13.0 Å². The average molecular weight is 357 g/mol. The number of allylic oxidation sites excluding steroid dienone is 5. The van der Waals surface area contributed by atoms with Gasteiger partial charge in [0.2, 0.25) is 0 Å². The van der Waals surface area contributed by atoms with Gasteiger partial charge in [0, 0.05) is 28.9 Å². The molecule has 0 amide bonds. The molecule has 0 aliphatic rings. The maximum atomic E-state index is 11.5. The first kappa shape index (κ1) is 22.8. The zero-order valence-electron chi connectivity index (χ0n) is 14.8. The molecule has 4 nitrogen and oxygen atoms in total. The lowest BCUT2D eigenvalue weighted by Crippen LogP contribution is -2.07. The van der Waals surface area contributed by atoms with Crippen molar-refractivity contribution in [2.24, 2.45) is 0 Å². The third-order valence-electron chi connectivity index (χ3n) is 3.14. The molecule has 0 aromatic rings. The third kappa shape index (κ3) is 18.8. The molecule has 0 aromatic carbocycles. The van der Waals surface area contributed by atoms with Crippen LogP contribution in [-0.2, 0) is 20.3 Å². The first-order valence-corrected chi connectivity index (χ1v) is 10.2. The van der Waals surface area contributed by atoms with Crippen LogP contribution in [0.4, 0.5) is 0 Å². The minimum Gasteiger partial charge on any atom is -0.481 e. The Labute approximate surface area is 149 Å². The summed E-state index contributed by atoms with van der Waals surface area (Å²) in [6.45, 7) is 3.62. The average Bonchev–Trinajstić information content (AvgIpc) is 2.56. The fourth-order valence-electron chi connectivity index (χ4n) is 1.85. The van der Waals surface area contributed by atoms with Crippen LogP contribution in [0.5, 0.6) is 0 Å². The molecule has 0 rings (SSSR count). The molecule has 5 heteroatoms. The van der Waals surface area contributed by atoms with Crippen LogP contribution in [0.3, 0.4) is 0 Å². The zero-order chi connectivity index (χ0) is 17.9. The van der Waals surface area contributed by atoms with Crippen LogP contribution in [0.1, 0.15) is 51.9 Å². The quantitative estimate of drug-likeness (QED) is 0.332. The summed E-state index contributed by atoms with van der Waals surface area (Å²) in [6.07, 6.45) is 18.6. The molecule has 0 aliphatic heterocycles. The van der Waals surface area contributed by atoms with Gasteiger partial charge in [-0.25, -0.2) is 0 Å². The van der Waals surface area contributed by atoms with E-state index in [-0.39, 0.29) is 12.2 Å². The second kappa shape index (κ2) is 18.1. The number of rotatable bonds is 16. The molecular formula is C19H32O4S. The van der Waals surface area contributed by atoms with E-state index >= 15 is 0 Å². The summed E-state index contributed by atoms with van der Waals surface area (Å²) in [4.78, 5) is 10.4. The third-order valence-corrected chi connectivity index (χ3v) is 4.55. The van der Waals surface area contributed by atoms with E-state index in [0.717, 1.165) is 45.1 Å². The van der Waals surface area contributed by atoms with Crippen molar-refractivity contribution in [3.05, 3.63) is 36.5 Å². The van der Waals surface area contributed by atoms with E-state index in [4.69, 9.17) is 9.84 Å². The molecule has 24 heavy (non-hydrogen) atoms. The number of unbranched alkanes of at least 4 members (excludes halogenated alkanes) is 2. The minimum absolute atomic E-state index is 0.000197. The monoisotopic (exact) mass is 356 g/mol. The van der Waals surface area contributed by atoms with E-state index in [1.807, 2.05) is 0 Å². The van der Waals surface area contributed by atoms with E-state index < -0.39 is 16.8 Å². The van der Waals surface area contributed by atoms with Crippen molar-refractivity contribution in [3.8, 4) is 0 Å². The van der Waals surface area contributed by atoms with Crippen LogP contribution in [0.15, 0.2) is 36.5 Å². The predicted molar refractivity (Wildman–Crippen MR) is 102 cm³/mol. The van der Waals surface area contributed by atoms with Gasteiger partial charge < -0.3 is 9.84 Å². The minimum atomic E-state index is -0.989. The Kier molecular flexibility index (Phi) is 17.2. The normalized spacial score (nSPS) is 13.4. The number of aliphatic carboxylic acids is 1. The highest BCUT2D eigenvalue weighted by atomic mass is 32.2. The lowest BCUT2D eigenvalue weighted by molar-refractivity contribution is -0.136. The van der Waals surface area contributed by atoms with E-state index in [1.54, 1.807) is 0 Å². The Morgan fingerprint density at radius 3 is 2.33 bits per heavy atom. The van der Waals surface area contributed by atoms with Gasteiger partial charge in [-0.3, -0.25) is 9.00 Å². The summed E-state index contributed by atoms with van der Waals surface area (Å²) in [5.41, 5.74) is 0. The second-order valence-electron chi connectivity index (χ2n) is 5.45. The smallest absolute Gasteiger partial charge is 0.304 e. The van der Waals surface area contributed by atoms with Crippen molar-refractivity contribution in [3.63, 3.8) is 0 Å². The summed E-state index contributed by atoms with van der Waals surface area (Å²) in [5.74, 6) is 0.00412. The first-order chi connectivity index (χ1) is 11.7. The SMILES string of the molecule is CCCOCC=CCC=CCC=CCCCCS(=O)CCC(=O)O. The molecular weight excluding hydrogens is 324 g/mol. The van der Waals surface area contributed by atoms with Gasteiger partial charge in [0.1, 0.15) is 0 Å². The molecule has 1 atom stereocenters. The Morgan fingerprint density at radius 1 is 1.00 bits per heavy atom. The van der Waals surface area contributed by atoms with Gasteiger partial charge in [0.25, 0.3) is 0 Å². The van der Waals surface area contributed by atoms with E-state index in [2.05, 4.69) is 43.4 Å². The predicted octanol–water partition coefficient (Wildman–Crippen LogP) is 4.26. The van der Waals surface area contributed by atoms with Crippen molar-refractivity contribution in [2.75, 3.05) is 24.7 Å².